The molecule has 0 spiro atoms. The van der Waals surface area contributed by atoms with Crippen molar-refractivity contribution in [2.45, 2.75) is 63.9 Å². The van der Waals surface area contributed by atoms with E-state index in [2.05, 4.69) is 20.8 Å². The fourth-order valence-electron chi connectivity index (χ4n) is 3.22. The smallest absolute Gasteiger partial charge is 0.244 e. The highest BCUT2D eigenvalue weighted by Crippen LogP contribution is 2.27. The van der Waals surface area contributed by atoms with E-state index in [9.17, 15) is 13.2 Å². The molecule has 2 rings (SSSR count). The lowest BCUT2D eigenvalue weighted by Crippen LogP contribution is -2.48. The van der Waals surface area contributed by atoms with Crippen LogP contribution in [0.4, 0.5) is 0 Å². The van der Waals surface area contributed by atoms with E-state index in [1.165, 1.54) is 28.6 Å². The number of hydrogen-bond donors (Lipinski definition) is 1. The number of rotatable bonds is 8. The van der Waals surface area contributed by atoms with Gasteiger partial charge in [-0.05, 0) is 53.1 Å². The number of primary amides is 1. The van der Waals surface area contributed by atoms with Gasteiger partial charge < -0.3 is 5.73 Å². The first-order valence-corrected chi connectivity index (χ1v) is 11.8. The molecule has 2 N–H and O–H groups in total. The minimum Gasteiger partial charge on any atom is -0.368 e. The fraction of sp³-hybridized carbons (Fsp3) is 0.435. The van der Waals surface area contributed by atoms with Gasteiger partial charge in [-0.3, -0.25) is 4.79 Å². The SMILES string of the molecule is CC(C)C[C@H](C(N)=O)N(Cc1ccc(C(C)(C)C)cc1)S(=O)(=O)c1ccc(Cl)cc1. The molecule has 1 amide bonds. The second kappa shape index (κ2) is 9.50. The number of nitrogens with zero attached hydrogens (tertiary/aromatic N) is 1. The summed E-state index contributed by atoms with van der Waals surface area (Å²) in [5.41, 5.74) is 7.57. The monoisotopic (exact) mass is 450 g/mol. The van der Waals surface area contributed by atoms with Crippen molar-refractivity contribution < 1.29 is 13.2 Å². The second-order valence-electron chi connectivity index (χ2n) is 9.00. The maximum atomic E-state index is 13.5. The third-order valence-corrected chi connectivity index (χ3v) is 7.07. The number of amides is 1. The van der Waals surface area contributed by atoms with Crippen LogP contribution in [0.25, 0.3) is 0 Å². The van der Waals surface area contributed by atoms with Crippen molar-refractivity contribution in [2.75, 3.05) is 0 Å². The Morgan fingerprint density at radius 1 is 1.03 bits per heavy atom. The van der Waals surface area contributed by atoms with Crippen LogP contribution < -0.4 is 5.73 Å². The molecule has 0 aliphatic heterocycles. The number of benzene rings is 2. The standard InChI is InChI=1S/C23H31ClN2O3S/c1-16(2)14-21(22(25)27)26(30(28,29)20-12-10-19(24)11-13-20)15-17-6-8-18(9-7-17)23(3,4)5/h6-13,16,21H,14-15H2,1-5H3,(H2,25,27)/t21-/m1/s1. The summed E-state index contributed by atoms with van der Waals surface area (Å²) in [4.78, 5) is 12.4. The Kier molecular flexibility index (Phi) is 7.72. The van der Waals surface area contributed by atoms with Crippen molar-refractivity contribution in [3.63, 3.8) is 0 Å². The van der Waals surface area contributed by atoms with E-state index in [0.717, 1.165) is 11.1 Å². The highest BCUT2D eigenvalue weighted by molar-refractivity contribution is 7.89. The minimum atomic E-state index is -3.97. The van der Waals surface area contributed by atoms with E-state index >= 15 is 0 Å². The first-order chi connectivity index (χ1) is 13.8. The molecule has 0 heterocycles. The molecule has 7 heteroatoms. The van der Waals surface area contributed by atoms with Crippen LogP contribution in [0.15, 0.2) is 53.4 Å². The van der Waals surface area contributed by atoms with E-state index in [1.54, 1.807) is 0 Å². The molecule has 0 aliphatic rings. The van der Waals surface area contributed by atoms with Gasteiger partial charge in [0.2, 0.25) is 15.9 Å². The Bertz CT molecular complexity index is 963. The fourth-order valence-corrected chi connectivity index (χ4v) is 4.94. The molecule has 0 radical (unpaired) electrons. The van der Waals surface area contributed by atoms with Crippen LogP contribution >= 0.6 is 11.6 Å². The van der Waals surface area contributed by atoms with Crippen molar-refractivity contribution in [3.8, 4) is 0 Å². The molecule has 1 atom stereocenters. The highest BCUT2D eigenvalue weighted by Gasteiger charge is 2.35. The lowest BCUT2D eigenvalue weighted by atomic mass is 9.87. The van der Waals surface area contributed by atoms with E-state index in [0.29, 0.717) is 11.4 Å². The van der Waals surface area contributed by atoms with Crippen LogP contribution in [0.1, 0.15) is 52.2 Å². The molecule has 2 aromatic carbocycles. The zero-order chi connectivity index (χ0) is 22.7. The van der Waals surface area contributed by atoms with E-state index < -0.39 is 22.0 Å². The Morgan fingerprint density at radius 2 is 1.57 bits per heavy atom. The van der Waals surface area contributed by atoms with Gasteiger partial charge in [0.15, 0.2) is 0 Å². The van der Waals surface area contributed by atoms with E-state index in [-0.39, 0.29) is 22.8 Å². The van der Waals surface area contributed by atoms with Gasteiger partial charge >= 0.3 is 0 Å². The van der Waals surface area contributed by atoms with Gasteiger partial charge in [-0.1, -0.05) is 70.5 Å². The highest BCUT2D eigenvalue weighted by atomic mass is 35.5. The van der Waals surface area contributed by atoms with Gasteiger partial charge in [-0.15, -0.1) is 0 Å². The van der Waals surface area contributed by atoms with Crippen molar-refractivity contribution in [1.29, 1.82) is 0 Å². The maximum Gasteiger partial charge on any atom is 0.244 e. The van der Waals surface area contributed by atoms with Gasteiger partial charge in [-0.25, -0.2) is 8.42 Å². The minimum absolute atomic E-state index is 0.0129. The van der Waals surface area contributed by atoms with E-state index in [1.807, 2.05) is 38.1 Å². The molecule has 5 nitrogen and oxygen atoms in total. The molecular weight excluding hydrogens is 420 g/mol. The maximum absolute atomic E-state index is 13.5. The molecule has 0 saturated carbocycles. The summed E-state index contributed by atoms with van der Waals surface area (Å²) in [6.45, 7) is 10.3. The molecule has 164 valence electrons. The number of halogens is 1. The summed E-state index contributed by atoms with van der Waals surface area (Å²) in [5, 5.41) is 0.437. The molecule has 2 aromatic rings. The number of sulfonamides is 1. The Morgan fingerprint density at radius 3 is 2.00 bits per heavy atom. The molecule has 0 fully saturated rings. The third-order valence-electron chi connectivity index (χ3n) is 4.95. The number of carbonyl (C=O) groups excluding carboxylic acids is 1. The normalized spacial score (nSPS) is 13.6. The van der Waals surface area contributed by atoms with Crippen molar-refractivity contribution in [3.05, 3.63) is 64.7 Å². The van der Waals surface area contributed by atoms with Crippen molar-refractivity contribution in [1.82, 2.24) is 4.31 Å². The van der Waals surface area contributed by atoms with E-state index in [4.69, 9.17) is 17.3 Å². The van der Waals surface area contributed by atoms with Gasteiger partial charge in [-0.2, -0.15) is 4.31 Å². The molecular formula is C23H31ClN2O3S. The molecule has 30 heavy (non-hydrogen) atoms. The number of nitrogens with two attached hydrogens (primary N) is 1. The summed E-state index contributed by atoms with van der Waals surface area (Å²) < 4.78 is 28.2. The van der Waals surface area contributed by atoms with Gasteiger partial charge in [0, 0.05) is 11.6 Å². The quantitative estimate of drug-likeness (QED) is 0.631. The van der Waals surface area contributed by atoms with Crippen LogP contribution in [0.5, 0.6) is 0 Å². The summed E-state index contributed by atoms with van der Waals surface area (Å²) in [5.74, 6) is -0.568. The number of carbonyl (C=O) groups is 1. The van der Waals surface area contributed by atoms with Crippen LogP contribution in [0.3, 0.4) is 0 Å². The van der Waals surface area contributed by atoms with Gasteiger partial charge in [0.25, 0.3) is 0 Å². The summed E-state index contributed by atoms with van der Waals surface area (Å²) in [6.07, 6.45) is 0.336. The Hall–Kier alpha value is -1.89. The Balaban J connectivity index is 2.50. The zero-order valence-electron chi connectivity index (χ0n) is 18.2. The molecule has 0 aliphatic carbocycles. The predicted molar refractivity (Wildman–Crippen MR) is 122 cm³/mol. The molecule has 0 saturated heterocycles. The lowest BCUT2D eigenvalue weighted by molar-refractivity contribution is -0.122. The van der Waals surface area contributed by atoms with Gasteiger partial charge in [0.1, 0.15) is 6.04 Å². The summed E-state index contributed by atoms with van der Waals surface area (Å²) in [6, 6.07) is 12.8. The van der Waals surface area contributed by atoms with Gasteiger partial charge in [0.05, 0.1) is 4.90 Å². The molecule has 0 bridgehead atoms. The Labute approximate surface area is 185 Å². The predicted octanol–water partition coefficient (Wildman–Crippen LogP) is 4.73. The first-order valence-electron chi connectivity index (χ1n) is 9.98. The molecule has 0 unspecified atom stereocenters. The van der Waals surface area contributed by atoms with Crippen LogP contribution in [-0.4, -0.2) is 24.7 Å². The number of hydrogen-bond acceptors (Lipinski definition) is 3. The topological polar surface area (TPSA) is 80.5 Å². The first kappa shape index (κ1) is 24.4. The van der Waals surface area contributed by atoms with Crippen LogP contribution in [0.2, 0.25) is 5.02 Å². The third kappa shape index (κ3) is 6.06. The summed E-state index contributed by atoms with van der Waals surface area (Å²) in [7, 11) is -3.97. The lowest BCUT2D eigenvalue weighted by Gasteiger charge is -2.30. The zero-order valence-corrected chi connectivity index (χ0v) is 19.8. The van der Waals surface area contributed by atoms with Crippen molar-refractivity contribution in [2.24, 2.45) is 11.7 Å². The van der Waals surface area contributed by atoms with Crippen LogP contribution in [-0.2, 0) is 26.8 Å². The summed E-state index contributed by atoms with van der Waals surface area (Å²) >= 11 is 5.92. The van der Waals surface area contributed by atoms with Crippen molar-refractivity contribution >= 4 is 27.5 Å². The average Bonchev–Trinajstić information content (AvgIpc) is 2.64. The molecule has 0 aromatic heterocycles. The largest absolute Gasteiger partial charge is 0.368 e. The average molecular weight is 451 g/mol. The van der Waals surface area contributed by atoms with Crippen LogP contribution in [0, 0.1) is 5.92 Å². The second-order valence-corrected chi connectivity index (χ2v) is 11.3.